The van der Waals surface area contributed by atoms with E-state index in [4.69, 9.17) is 9.15 Å². The van der Waals surface area contributed by atoms with Crippen LogP contribution in [0.3, 0.4) is 0 Å². The van der Waals surface area contributed by atoms with Crippen LogP contribution in [0.5, 0.6) is 0 Å². The Morgan fingerprint density at radius 2 is 1.87 bits per heavy atom. The fourth-order valence-corrected chi connectivity index (χ4v) is 4.29. The highest BCUT2D eigenvalue weighted by Gasteiger charge is 2.43. The van der Waals surface area contributed by atoms with Crippen molar-refractivity contribution in [2.24, 2.45) is 0 Å². The second-order valence-corrected chi connectivity index (χ2v) is 7.51. The molecule has 2 aliphatic rings. The van der Waals surface area contributed by atoms with Gasteiger partial charge in [-0.3, -0.25) is 19.7 Å². The van der Waals surface area contributed by atoms with Crippen LogP contribution in [0.25, 0.3) is 11.0 Å². The molecule has 1 saturated heterocycles. The average Bonchev–Trinajstić information content (AvgIpc) is 3.36. The van der Waals surface area contributed by atoms with Crippen LogP contribution in [0.1, 0.15) is 40.6 Å². The number of hydrogen-bond donors (Lipinski definition) is 0. The van der Waals surface area contributed by atoms with Crippen LogP contribution < -0.4 is 5.43 Å². The van der Waals surface area contributed by atoms with Gasteiger partial charge in [0, 0.05) is 25.3 Å². The Kier molecular flexibility index (Phi) is 4.36. The minimum Gasteiger partial charge on any atom is -0.450 e. The summed E-state index contributed by atoms with van der Waals surface area (Å²) in [6, 6.07) is 12.1. The topological polar surface area (TPSA) is 103 Å². The Labute approximate surface area is 170 Å². The zero-order valence-electron chi connectivity index (χ0n) is 15.9. The van der Waals surface area contributed by atoms with Crippen molar-refractivity contribution >= 4 is 22.6 Å². The minimum atomic E-state index is -0.682. The summed E-state index contributed by atoms with van der Waals surface area (Å²) in [5.74, 6) is -0.341. The van der Waals surface area contributed by atoms with Gasteiger partial charge in [0.25, 0.3) is 11.6 Å². The number of carbonyl (C=O) groups excluding carboxylic acids is 1. The maximum atomic E-state index is 13.3. The number of ether oxygens (including phenoxy) is 1. The lowest BCUT2D eigenvalue weighted by Crippen LogP contribution is -2.36. The summed E-state index contributed by atoms with van der Waals surface area (Å²) in [6.45, 7) is 0.962. The van der Waals surface area contributed by atoms with E-state index in [0.717, 1.165) is 12.8 Å². The number of para-hydroxylation sites is 1. The molecule has 1 amide bonds. The summed E-state index contributed by atoms with van der Waals surface area (Å²) in [4.78, 5) is 38.7. The van der Waals surface area contributed by atoms with E-state index >= 15 is 0 Å². The van der Waals surface area contributed by atoms with Gasteiger partial charge < -0.3 is 14.1 Å². The molecule has 0 radical (unpaired) electrons. The molecule has 2 aromatic carbocycles. The van der Waals surface area contributed by atoms with E-state index in [1.165, 1.54) is 12.1 Å². The molecule has 8 heteroatoms. The van der Waals surface area contributed by atoms with Crippen molar-refractivity contribution in [2.75, 3.05) is 13.2 Å². The van der Waals surface area contributed by atoms with Crippen molar-refractivity contribution in [2.45, 2.75) is 25.0 Å². The van der Waals surface area contributed by atoms with E-state index in [0.29, 0.717) is 29.7 Å². The van der Waals surface area contributed by atoms with Gasteiger partial charge in [-0.25, -0.2) is 0 Å². The first-order chi connectivity index (χ1) is 14.5. The highest BCUT2D eigenvalue weighted by Crippen LogP contribution is 2.39. The van der Waals surface area contributed by atoms with Crippen LogP contribution in [-0.4, -0.2) is 35.0 Å². The number of carbonyl (C=O) groups is 1. The Morgan fingerprint density at radius 3 is 2.57 bits per heavy atom. The quantitative estimate of drug-likeness (QED) is 0.486. The predicted molar refractivity (Wildman–Crippen MR) is 107 cm³/mol. The van der Waals surface area contributed by atoms with E-state index in [-0.39, 0.29) is 34.5 Å². The Bertz CT molecular complexity index is 1210. The summed E-state index contributed by atoms with van der Waals surface area (Å²) in [7, 11) is 0. The van der Waals surface area contributed by atoms with Gasteiger partial charge in [-0.2, -0.15) is 0 Å². The molecule has 0 spiro atoms. The lowest BCUT2D eigenvalue weighted by Gasteiger charge is -2.27. The molecule has 0 aliphatic carbocycles. The second kappa shape index (κ2) is 7.07. The Morgan fingerprint density at radius 1 is 1.10 bits per heavy atom. The number of non-ortho nitro benzene ring substituents is 1. The van der Waals surface area contributed by atoms with Gasteiger partial charge in [-0.15, -0.1) is 0 Å². The third kappa shape index (κ3) is 2.88. The third-order valence-electron chi connectivity index (χ3n) is 5.72. The molecule has 0 saturated carbocycles. The van der Waals surface area contributed by atoms with Gasteiger partial charge in [-0.1, -0.05) is 12.1 Å². The minimum absolute atomic E-state index is 0.0278. The standard InChI is InChI=1S/C22H18N2O6/c25-20-16-5-1-2-6-17(16)30-21-18(20)19(13-7-9-14(10-8-13)24(27)28)23(22(21)26)12-15-4-3-11-29-15/h1-2,5-10,15,19H,3-4,11-12H2/t15-,19+/m0/s1. The van der Waals surface area contributed by atoms with Crippen molar-refractivity contribution in [1.82, 2.24) is 4.90 Å². The van der Waals surface area contributed by atoms with Crippen molar-refractivity contribution in [3.63, 3.8) is 0 Å². The maximum absolute atomic E-state index is 13.3. The summed E-state index contributed by atoms with van der Waals surface area (Å²) < 4.78 is 11.6. The molecule has 3 aromatic rings. The van der Waals surface area contributed by atoms with Crippen LogP contribution in [0.4, 0.5) is 5.69 Å². The number of amides is 1. The molecular formula is C22H18N2O6. The molecule has 0 bridgehead atoms. The largest absolute Gasteiger partial charge is 0.450 e. The number of fused-ring (bicyclic) bond motifs is 2. The van der Waals surface area contributed by atoms with E-state index in [1.54, 1.807) is 41.3 Å². The fourth-order valence-electron chi connectivity index (χ4n) is 4.29. The summed E-state index contributed by atoms with van der Waals surface area (Å²) in [6.07, 6.45) is 1.63. The van der Waals surface area contributed by atoms with Gasteiger partial charge in [0.1, 0.15) is 5.58 Å². The normalized spacial score (nSPS) is 20.7. The Balaban J connectivity index is 1.67. The molecule has 1 fully saturated rings. The van der Waals surface area contributed by atoms with E-state index < -0.39 is 11.0 Å². The van der Waals surface area contributed by atoms with E-state index in [9.17, 15) is 19.7 Å². The number of nitrogens with zero attached hydrogens (tertiary/aromatic N) is 2. The number of nitro groups is 1. The number of hydrogen-bond acceptors (Lipinski definition) is 6. The van der Waals surface area contributed by atoms with Crippen LogP contribution in [0.15, 0.2) is 57.7 Å². The summed E-state index contributed by atoms with van der Waals surface area (Å²) in [5.41, 5.74) is 0.924. The third-order valence-corrected chi connectivity index (χ3v) is 5.72. The smallest absolute Gasteiger partial charge is 0.291 e. The van der Waals surface area contributed by atoms with Crippen LogP contribution in [0.2, 0.25) is 0 Å². The molecule has 0 N–H and O–H groups in total. The van der Waals surface area contributed by atoms with Gasteiger partial charge in [0.2, 0.25) is 5.76 Å². The monoisotopic (exact) mass is 406 g/mol. The van der Waals surface area contributed by atoms with Crippen LogP contribution in [0, 0.1) is 10.1 Å². The number of nitro benzene ring substituents is 1. The molecule has 8 nitrogen and oxygen atoms in total. The van der Waals surface area contributed by atoms with Gasteiger partial charge >= 0.3 is 0 Å². The average molecular weight is 406 g/mol. The second-order valence-electron chi connectivity index (χ2n) is 7.51. The first-order valence-corrected chi connectivity index (χ1v) is 9.77. The van der Waals surface area contributed by atoms with Crippen LogP contribution >= 0.6 is 0 Å². The lowest BCUT2D eigenvalue weighted by atomic mass is 9.98. The zero-order valence-corrected chi connectivity index (χ0v) is 15.9. The SMILES string of the molecule is O=C1c2oc3ccccc3c(=O)c2[C@@H](c2ccc([N+](=O)[O-])cc2)N1C[C@@H]1CCCO1. The fraction of sp³-hybridized carbons (Fsp3) is 0.273. The van der Waals surface area contributed by atoms with Crippen molar-refractivity contribution in [3.8, 4) is 0 Å². The van der Waals surface area contributed by atoms with E-state index in [1.807, 2.05) is 0 Å². The molecule has 2 atom stereocenters. The van der Waals surface area contributed by atoms with Crippen molar-refractivity contribution < 1.29 is 18.9 Å². The van der Waals surface area contributed by atoms with Gasteiger partial charge in [0.05, 0.1) is 28.0 Å². The lowest BCUT2D eigenvalue weighted by molar-refractivity contribution is -0.384. The molecule has 1 aromatic heterocycles. The Hall–Kier alpha value is -3.52. The summed E-state index contributed by atoms with van der Waals surface area (Å²) >= 11 is 0. The highest BCUT2D eigenvalue weighted by atomic mass is 16.6. The molecule has 0 unspecified atom stereocenters. The van der Waals surface area contributed by atoms with Crippen LogP contribution in [-0.2, 0) is 4.74 Å². The summed E-state index contributed by atoms with van der Waals surface area (Å²) in [5, 5.41) is 11.4. The van der Waals surface area contributed by atoms with Gasteiger partial charge in [-0.05, 0) is 42.7 Å². The molecule has 3 heterocycles. The molecule has 152 valence electrons. The van der Waals surface area contributed by atoms with Crippen molar-refractivity contribution in [1.29, 1.82) is 0 Å². The zero-order chi connectivity index (χ0) is 20.8. The van der Waals surface area contributed by atoms with E-state index in [2.05, 4.69) is 0 Å². The highest BCUT2D eigenvalue weighted by molar-refractivity contribution is 5.99. The first-order valence-electron chi connectivity index (χ1n) is 9.77. The van der Waals surface area contributed by atoms with Crippen molar-refractivity contribution in [3.05, 3.63) is 85.8 Å². The number of rotatable bonds is 4. The van der Waals surface area contributed by atoms with Gasteiger partial charge in [0.15, 0.2) is 5.43 Å². The maximum Gasteiger partial charge on any atom is 0.291 e. The number of benzene rings is 2. The predicted octanol–water partition coefficient (Wildman–Crippen LogP) is 3.43. The molecule has 30 heavy (non-hydrogen) atoms. The molecule has 5 rings (SSSR count). The first kappa shape index (κ1) is 18.5. The molecular weight excluding hydrogens is 388 g/mol. The molecule has 2 aliphatic heterocycles.